The van der Waals surface area contributed by atoms with Gasteiger partial charge in [-0.1, -0.05) is 86.7 Å². The topological polar surface area (TPSA) is 0 Å². The van der Waals surface area contributed by atoms with E-state index in [2.05, 4.69) is 24.8 Å². The quantitative estimate of drug-likeness (QED) is 0.360. The molecule has 4 rings (SSSR count). The molecule has 0 heterocycles. The monoisotopic (exact) mass is 436 g/mol. The summed E-state index contributed by atoms with van der Waals surface area (Å²) in [5, 5.41) is 1.51. The molecule has 0 aliphatic heterocycles. The predicted molar refractivity (Wildman–Crippen MR) is 125 cm³/mol. The van der Waals surface area contributed by atoms with Gasteiger partial charge in [-0.25, -0.2) is 8.78 Å². The van der Waals surface area contributed by atoms with Gasteiger partial charge in [-0.05, 0) is 59.9 Å². The minimum atomic E-state index is -0.529. The minimum absolute atomic E-state index is 0.0480. The molecular weight excluding hydrogens is 410 g/mol. The van der Waals surface area contributed by atoms with Crippen LogP contribution in [-0.4, -0.2) is 0 Å². The zero-order chi connectivity index (χ0) is 21.8. The van der Waals surface area contributed by atoms with Gasteiger partial charge in [0.25, 0.3) is 0 Å². The summed E-state index contributed by atoms with van der Waals surface area (Å²) in [4.78, 5) is 0. The van der Waals surface area contributed by atoms with Gasteiger partial charge < -0.3 is 0 Å². The first-order valence-corrected chi connectivity index (χ1v) is 11.6. The average Bonchev–Trinajstić information content (AvgIpc) is 2.80. The molecule has 3 aromatic rings. The second-order valence-corrected chi connectivity index (χ2v) is 9.10. The second-order valence-electron chi connectivity index (χ2n) is 8.70. The Morgan fingerprint density at radius 3 is 2.42 bits per heavy atom. The fourth-order valence-electron chi connectivity index (χ4n) is 4.61. The van der Waals surface area contributed by atoms with Crippen LogP contribution in [-0.2, 0) is 6.42 Å². The molecule has 0 aromatic heterocycles. The number of hydrogen-bond acceptors (Lipinski definition) is 0. The lowest BCUT2D eigenvalue weighted by Crippen LogP contribution is -2.14. The summed E-state index contributed by atoms with van der Waals surface area (Å²) in [6.07, 6.45) is 9.01. The van der Waals surface area contributed by atoms with Crippen molar-refractivity contribution in [3.8, 4) is 11.8 Å². The Bertz CT molecular complexity index is 1130. The van der Waals surface area contributed by atoms with Gasteiger partial charge in [0, 0.05) is 10.9 Å². The van der Waals surface area contributed by atoms with Crippen molar-refractivity contribution in [2.45, 2.75) is 51.9 Å². The van der Waals surface area contributed by atoms with Crippen molar-refractivity contribution < 1.29 is 8.78 Å². The van der Waals surface area contributed by atoms with Crippen LogP contribution in [0.25, 0.3) is 10.8 Å². The van der Waals surface area contributed by atoms with Crippen molar-refractivity contribution in [2.75, 3.05) is 0 Å². The molecule has 0 radical (unpaired) electrons. The molecule has 1 aliphatic carbocycles. The number of halogens is 3. The van der Waals surface area contributed by atoms with E-state index in [4.69, 9.17) is 11.6 Å². The zero-order valence-electron chi connectivity index (χ0n) is 17.9. The van der Waals surface area contributed by atoms with E-state index in [0.717, 1.165) is 23.6 Å². The molecule has 0 spiro atoms. The van der Waals surface area contributed by atoms with Crippen LogP contribution in [0.4, 0.5) is 8.78 Å². The lowest BCUT2D eigenvalue weighted by atomic mass is 9.78. The third-order valence-electron chi connectivity index (χ3n) is 6.66. The van der Waals surface area contributed by atoms with Gasteiger partial charge in [0.2, 0.25) is 0 Å². The summed E-state index contributed by atoms with van der Waals surface area (Å²) in [5.74, 6) is 6.54. The van der Waals surface area contributed by atoms with Gasteiger partial charge in [0.05, 0.1) is 10.6 Å². The van der Waals surface area contributed by atoms with Crippen LogP contribution in [0.2, 0.25) is 5.02 Å². The summed E-state index contributed by atoms with van der Waals surface area (Å²) < 4.78 is 28.6. The molecule has 0 N–H and O–H groups in total. The Hall–Kier alpha value is -2.37. The molecule has 1 saturated carbocycles. The molecule has 0 unspecified atom stereocenters. The lowest BCUT2D eigenvalue weighted by Gasteiger charge is -2.27. The summed E-state index contributed by atoms with van der Waals surface area (Å²) >= 11 is 5.70. The fraction of sp³-hybridized carbons (Fsp3) is 0.357. The van der Waals surface area contributed by atoms with E-state index in [0.29, 0.717) is 16.5 Å². The van der Waals surface area contributed by atoms with Crippen LogP contribution in [0.1, 0.15) is 62.1 Å². The van der Waals surface area contributed by atoms with Gasteiger partial charge in [-0.15, -0.1) is 0 Å². The SMILES string of the molecule is CCC1CCC(CCc2ccc3c(F)c(C#Cc4ccc(Cl)c(F)c4)ccc3c2)CC1. The highest BCUT2D eigenvalue weighted by atomic mass is 35.5. The third kappa shape index (κ3) is 5.28. The number of rotatable bonds is 4. The van der Waals surface area contributed by atoms with Crippen molar-refractivity contribution in [1.82, 2.24) is 0 Å². The number of hydrogen-bond donors (Lipinski definition) is 0. The lowest BCUT2D eigenvalue weighted by molar-refractivity contribution is 0.259. The minimum Gasteiger partial charge on any atom is -0.205 e. The van der Waals surface area contributed by atoms with Crippen molar-refractivity contribution >= 4 is 22.4 Å². The molecule has 3 aromatic carbocycles. The third-order valence-corrected chi connectivity index (χ3v) is 6.97. The second kappa shape index (κ2) is 9.84. The molecule has 160 valence electrons. The van der Waals surface area contributed by atoms with E-state index < -0.39 is 5.82 Å². The largest absolute Gasteiger partial charge is 0.205 e. The van der Waals surface area contributed by atoms with Gasteiger partial charge in [0.15, 0.2) is 0 Å². The first-order chi connectivity index (χ1) is 15.0. The highest BCUT2D eigenvalue weighted by Crippen LogP contribution is 2.33. The standard InChI is InChI=1S/C28H27ClF2/c1-2-19-3-5-20(6-4-19)7-8-21-10-15-25-24(17-21)14-13-23(28(25)31)12-9-22-11-16-26(29)27(30)18-22/h10-11,13-20H,2-8H2,1H3. The molecule has 0 nitrogen and oxygen atoms in total. The van der Waals surface area contributed by atoms with Gasteiger partial charge in [0.1, 0.15) is 11.6 Å². The molecule has 31 heavy (non-hydrogen) atoms. The Labute approximate surface area is 188 Å². The van der Waals surface area contributed by atoms with Crippen LogP contribution in [0.3, 0.4) is 0 Å². The highest BCUT2D eigenvalue weighted by molar-refractivity contribution is 6.30. The summed E-state index contributed by atoms with van der Waals surface area (Å²) in [6, 6.07) is 14.0. The van der Waals surface area contributed by atoms with Crippen LogP contribution in [0.15, 0.2) is 48.5 Å². The fourth-order valence-corrected chi connectivity index (χ4v) is 4.72. The maximum absolute atomic E-state index is 15.0. The van der Waals surface area contributed by atoms with E-state index in [1.807, 2.05) is 18.2 Å². The first kappa shape index (κ1) is 21.8. The van der Waals surface area contributed by atoms with Crippen LogP contribution < -0.4 is 0 Å². The Balaban J connectivity index is 1.47. The molecule has 3 heteroatoms. The molecule has 1 aliphatic rings. The Morgan fingerprint density at radius 2 is 1.68 bits per heavy atom. The number of fused-ring (bicyclic) bond motifs is 1. The van der Waals surface area contributed by atoms with E-state index in [-0.39, 0.29) is 10.8 Å². The van der Waals surface area contributed by atoms with E-state index in [1.54, 1.807) is 12.1 Å². The van der Waals surface area contributed by atoms with Gasteiger partial charge >= 0.3 is 0 Å². The maximum Gasteiger partial charge on any atom is 0.146 e. The van der Waals surface area contributed by atoms with Gasteiger partial charge in [-0.3, -0.25) is 0 Å². The maximum atomic E-state index is 15.0. The van der Waals surface area contributed by atoms with Crippen molar-refractivity contribution in [3.05, 3.63) is 81.9 Å². The Morgan fingerprint density at radius 1 is 0.903 bits per heavy atom. The normalized spacial score (nSPS) is 18.6. The number of benzene rings is 3. The summed E-state index contributed by atoms with van der Waals surface area (Å²) in [7, 11) is 0. The zero-order valence-corrected chi connectivity index (χ0v) is 18.6. The van der Waals surface area contributed by atoms with Crippen molar-refractivity contribution in [1.29, 1.82) is 0 Å². The van der Waals surface area contributed by atoms with Crippen molar-refractivity contribution in [3.63, 3.8) is 0 Å². The van der Waals surface area contributed by atoms with Crippen LogP contribution >= 0.6 is 11.6 Å². The smallest absolute Gasteiger partial charge is 0.146 e. The van der Waals surface area contributed by atoms with E-state index in [1.165, 1.54) is 56.2 Å². The molecule has 1 fully saturated rings. The molecule has 0 amide bonds. The summed E-state index contributed by atoms with van der Waals surface area (Å²) in [6.45, 7) is 2.30. The van der Waals surface area contributed by atoms with Crippen molar-refractivity contribution in [2.24, 2.45) is 11.8 Å². The molecule has 0 atom stereocenters. The first-order valence-electron chi connectivity index (χ1n) is 11.2. The van der Waals surface area contributed by atoms with Crippen LogP contribution in [0, 0.1) is 35.3 Å². The Kier molecular flexibility index (Phi) is 6.93. The van der Waals surface area contributed by atoms with Crippen LogP contribution in [0.5, 0.6) is 0 Å². The molecule has 0 bridgehead atoms. The van der Waals surface area contributed by atoms with E-state index in [9.17, 15) is 8.78 Å². The predicted octanol–water partition coefficient (Wildman–Crippen LogP) is 8.32. The molecule has 0 saturated heterocycles. The highest BCUT2D eigenvalue weighted by Gasteiger charge is 2.19. The van der Waals surface area contributed by atoms with E-state index >= 15 is 0 Å². The average molecular weight is 437 g/mol. The number of aryl methyl sites for hydroxylation is 1. The summed E-state index contributed by atoms with van der Waals surface area (Å²) in [5.41, 5.74) is 2.04. The molecular formula is C28H27ClF2. The van der Waals surface area contributed by atoms with Gasteiger partial charge in [-0.2, -0.15) is 0 Å².